The number of aryl methyl sites for hydroxylation is 2. The van der Waals surface area contributed by atoms with Gasteiger partial charge in [0.25, 0.3) is 0 Å². The minimum atomic E-state index is 0.358. The van der Waals surface area contributed by atoms with Gasteiger partial charge in [0.05, 0.1) is 5.71 Å². The van der Waals surface area contributed by atoms with Gasteiger partial charge in [-0.15, -0.1) is 0 Å². The van der Waals surface area contributed by atoms with Gasteiger partial charge in [0.2, 0.25) is 0 Å². The number of likely N-dealkylation sites (N-methyl/N-ethyl adjacent to an activating group) is 1. The van der Waals surface area contributed by atoms with Crippen LogP contribution in [0.2, 0.25) is 0 Å². The molecule has 2 N–H and O–H groups in total. The van der Waals surface area contributed by atoms with E-state index in [9.17, 15) is 0 Å². The number of hydrogen-bond donors (Lipinski definition) is 1. The Bertz CT molecular complexity index is 636. The van der Waals surface area contributed by atoms with Gasteiger partial charge in [0, 0.05) is 55.9 Å². The number of nitrogens with zero attached hydrogens (tertiary/aromatic N) is 4. The number of fused-ring (bicyclic) bond motifs is 1. The van der Waals surface area contributed by atoms with Crippen LogP contribution in [0.1, 0.15) is 44.9 Å². The maximum atomic E-state index is 5.79. The van der Waals surface area contributed by atoms with Crippen molar-refractivity contribution in [2.75, 3.05) is 33.2 Å². The van der Waals surface area contributed by atoms with Crippen LogP contribution in [0.5, 0.6) is 0 Å². The van der Waals surface area contributed by atoms with Crippen molar-refractivity contribution >= 4 is 5.71 Å². The van der Waals surface area contributed by atoms with E-state index in [2.05, 4.69) is 58.2 Å². The number of piperazine rings is 1. The van der Waals surface area contributed by atoms with E-state index in [0.29, 0.717) is 5.82 Å². The highest BCUT2D eigenvalue weighted by Crippen LogP contribution is 2.20. The van der Waals surface area contributed by atoms with Crippen LogP contribution in [0.15, 0.2) is 41.4 Å². The molecule has 0 radical (unpaired) electrons. The Kier molecular flexibility index (Phi) is 7.51. The second-order valence-electron chi connectivity index (χ2n) is 6.94. The first-order valence-electron chi connectivity index (χ1n) is 9.87. The molecule has 1 fully saturated rings. The van der Waals surface area contributed by atoms with E-state index in [4.69, 9.17) is 5.73 Å². The lowest BCUT2D eigenvalue weighted by Crippen LogP contribution is -2.43. The number of aromatic nitrogens is 1. The molecule has 0 amide bonds. The first-order valence-corrected chi connectivity index (χ1v) is 9.87. The van der Waals surface area contributed by atoms with Crippen molar-refractivity contribution in [3.63, 3.8) is 0 Å². The van der Waals surface area contributed by atoms with Crippen LogP contribution in [-0.4, -0.2) is 53.3 Å². The smallest absolute Gasteiger partial charge is 0.116 e. The topological polar surface area (TPSA) is 49.8 Å². The summed E-state index contributed by atoms with van der Waals surface area (Å²) in [4.78, 5) is 9.30. The van der Waals surface area contributed by atoms with Crippen LogP contribution in [-0.2, 0) is 13.0 Å². The van der Waals surface area contributed by atoms with Crippen molar-refractivity contribution in [2.45, 2.75) is 46.6 Å². The predicted octanol–water partition coefficient (Wildman–Crippen LogP) is 3.22. The van der Waals surface area contributed by atoms with Crippen LogP contribution in [0.25, 0.3) is 0 Å². The summed E-state index contributed by atoms with van der Waals surface area (Å²) in [7, 11) is 2.17. The molecule has 3 heterocycles. The fraction of sp³-hybridized carbons (Fsp3) is 0.571. The summed E-state index contributed by atoms with van der Waals surface area (Å²) in [5.41, 5.74) is 10.5. The molecule has 2 aliphatic heterocycles. The lowest BCUT2D eigenvalue weighted by atomic mass is 10.1. The molecule has 0 spiro atoms. The molecule has 0 atom stereocenters. The molecule has 0 aromatic carbocycles. The van der Waals surface area contributed by atoms with Crippen molar-refractivity contribution < 1.29 is 0 Å². The molecular formula is C21H35N5. The van der Waals surface area contributed by atoms with E-state index in [1.807, 2.05) is 13.8 Å². The zero-order chi connectivity index (χ0) is 19.1. The molecule has 0 bridgehead atoms. The average molecular weight is 358 g/mol. The lowest BCUT2D eigenvalue weighted by Gasteiger charge is -2.34. The zero-order valence-corrected chi connectivity index (χ0v) is 17.0. The van der Waals surface area contributed by atoms with E-state index in [1.165, 1.54) is 24.2 Å². The van der Waals surface area contributed by atoms with Gasteiger partial charge in [-0.3, -0.25) is 0 Å². The van der Waals surface area contributed by atoms with E-state index in [-0.39, 0.29) is 0 Å². The van der Waals surface area contributed by atoms with Crippen molar-refractivity contribution in [1.29, 1.82) is 0 Å². The van der Waals surface area contributed by atoms with Gasteiger partial charge < -0.3 is 20.1 Å². The SMILES string of the molecule is C=C(N)/N=C(\C=C(/C)N1CCN(C)CC1)c1cc2n(c1)CCCC2.CC. The quantitative estimate of drug-likeness (QED) is 0.842. The minimum Gasteiger partial charge on any atom is -0.384 e. The van der Waals surface area contributed by atoms with Gasteiger partial charge >= 0.3 is 0 Å². The van der Waals surface area contributed by atoms with E-state index >= 15 is 0 Å². The van der Waals surface area contributed by atoms with Crippen molar-refractivity contribution in [1.82, 2.24) is 14.4 Å². The van der Waals surface area contributed by atoms with Gasteiger partial charge in [-0.05, 0) is 45.4 Å². The second kappa shape index (κ2) is 9.62. The highest BCUT2D eigenvalue weighted by molar-refractivity contribution is 6.09. The molecule has 5 heteroatoms. The summed E-state index contributed by atoms with van der Waals surface area (Å²) in [5.74, 6) is 0.358. The molecule has 1 saturated heterocycles. The summed E-state index contributed by atoms with van der Waals surface area (Å²) >= 11 is 0. The Morgan fingerprint density at radius 2 is 1.85 bits per heavy atom. The standard InChI is InChI=1S/C19H29N5.C2H6/c1-15(23-10-8-22(3)9-11-23)12-19(21-16(2)20)17-13-18-6-4-5-7-24(18)14-17;1-2/h12-14H,2,4-11,20H2,1,3H3;1-2H3/b15-12+,21-19+;. The summed E-state index contributed by atoms with van der Waals surface area (Å²) in [6.07, 6.45) is 8.05. The third kappa shape index (κ3) is 5.24. The summed E-state index contributed by atoms with van der Waals surface area (Å²) < 4.78 is 2.35. The fourth-order valence-corrected chi connectivity index (χ4v) is 3.49. The van der Waals surface area contributed by atoms with Crippen LogP contribution >= 0.6 is 0 Å². The van der Waals surface area contributed by atoms with Crippen LogP contribution in [0, 0.1) is 0 Å². The maximum Gasteiger partial charge on any atom is 0.116 e. The molecular weight excluding hydrogens is 322 g/mol. The van der Waals surface area contributed by atoms with E-state index < -0.39 is 0 Å². The minimum absolute atomic E-state index is 0.358. The first-order chi connectivity index (χ1) is 12.5. The Balaban J connectivity index is 0.00000117. The fourth-order valence-electron chi connectivity index (χ4n) is 3.49. The van der Waals surface area contributed by atoms with Crippen molar-refractivity contribution in [2.24, 2.45) is 10.7 Å². The molecule has 3 rings (SSSR count). The van der Waals surface area contributed by atoms with Crippen molar-refractivity contribution in [3.8, 4) is 0 Å². The lowest BCUT2D eigenvalue weighted by molar-refractivity contribution is 0.187. The molecule has 0 aliphatic carbocycles. The van der Waals surface area contributed by atoms with Gasteiger partial charge in [0.15, 0.2) is 0 Å². The molecule has 26 heavy (non-hydrogen) atoms. The molecule has 144 valence electrons. The summed E-state index contributed by atoms with van der Waals surface area (Å²) in [5, 5.41) is 0. The number of rotatable bonds is 4. The number of hydrogen-bond acceptors (Lipinski definition) is 4. The Labute approximate surface area is 158 Å². The highest BCUT2D eigenvalue weighted by atomic mass is 15.2. The van der Waals surface area contributed by atoms with Gasteiger partial charge in [0.1, 0.15) is 5.82 Å². The third-order valence-electron chi connectivity index (χ3n) is 4.98. The van der Waals surface area contributed by atoms with E-state index in [1.54, 1.807) is 0 Å². The molecule has 5 nitrogen and oxygen atoms in total. The molecule has 1 aromatic heterocycles. The third-order valence-corrected chi connectivity index (χ3v) is 4.98. The van der Waals surface area contributed by atoms with Gasteiger partial charge in [-0.1, -0.05) is 20.4 Å². The molecule has 0 saturated carbocycles. The first kappa shape index (κ1) is 20.3. The molecule has 1 aromatic rings. The Morgan fingerprint density at radius 3 is 2.46 bits per heavy atom. The number of aliphatic imine (C=N–C) groups is 1. The molecule has 0 unspecified atom stereocenters. The van der Waals surface area contributed by atoms with Gasteiger partial charge in [-0.2, -0.15) is 0 Å². The number of allylic oxidation sites excluding steroid dienone is 2. The predicted molar refractivity (Wildman–Crippen MR) is 111 cm³/mol. The number of nitrogens with two attached hydrogens (primary N) is 1. The maximum absolute atomic E-state index is 5.79. The summed E-state index contributed by atoms with van der Waals surface area (Å²) in [6.45, 7) is 15.3. The van der Waals surface area contributed by atoms with Gasteiger partial charge in [-0.25, -0.2) is 4.99 Å². The van der Waals surface area contributed by atoms with Crippen LogP contribution in [0.3, 0.4) is 0 Å². The van der Waals surface area contributed by atoms with E-state index in [0.717, 1.165) is 50.4 Å². The largest absolute Gasteiger partial charge is 0.384 e. The normalized spacial score (nSPS) is 18.8. The van der Waals surface area contributed by atoms with Crippen LogP contribution < -0.4 is 5.73 Å². The zero-order valence-electron chi connectivity index (χ0n) is 17.0. The monoisotopic (exact) mass is 357 g/mol. The van der Waals surface area contributed by atoms with Crippen molar-refractivity contribution in [3.05, 3.63) is 47.7 Å². The Hall–Kier alpha value is -2.01. The van der Waals surface area contributed by atoms with Crippen LogP contribution in [0.4, 0.5) is 0 Å². The molecule has 2 aliphatic rings. The summed E-state index contributed by atoms with van der Waals surface area (Å²) in [6, 6.07) is 2.26. The Morgan fingerprint density at radius 1 is 1.15 bits per heavy atom. The second-order valence-corrected chi connectivity index (χ2v) is 6.94. The average Bonchev–Trinajstić information content (AvgIpc) is 3.07. The highest BCUT2D eigenvalue weighted by Gasteiger charge is 2.16.